The van der Waals surface area contributed by atoms with Crippen molar-refractivity contribution in [1.82, 2.24) is 20.9 Å². The van der Waals surface area contributed by atoms with E-state index in [0.29, 0.717) is 31.1 Å². The zero-order valence-corrected chi connectivity index (χ0v) is 32.1. The molecule has 3 rings (SSSR count). The molecular formula is C38H66N6O8. The average Bonchev–Trinajstić information content (AvgIpc) is 3.65. The van der Waals surface area contributed by atoms with E-state index in [2.05, 4.69) is 16.0 Å². The molecule has 0 saturated heterocycles. The molecule has 14 nitrogen and oxygen atoms in total. The van der Waals surface area contributed by atoms with Crippen LogP contribution in [0.2, 0.25) is 0 Å². The van der Waals surface area contributed by atoms with Crippen LogP contribution in [0, 0.1) is 35.5 Å². The summed E-state index contributed by atoms with van der Waals surface area (Å²) in [5.74, 6) is -3.11. The topological polar surface area (TPSA) is 223 Å². The van der Waals surface area contributed by atoms with Gasteiger partial charge in [-0.3, -0.25) is 28.8 Å². The first-order valence-electron chi connectivity index (χ1n) is 19.7. The Morgan fingerprint density at radius 2 is 1.54 bits per heavy atom. The highest BCUT2D eigenvalue weighted by molar-refractivity contribution is 5.94. The van der Waals surface area contributed by atoms with Crippen LogP contribution in [-0.2, 0) is 33.5 Å². The number of hydrogen-bond donors (Lipinski definition) is 6. The maximum absolute atomic E-state index is 14.2. The number of aliphatic hydroxyl groups excluding tert-OH is 1. The summed E-state index contributed by atoms with van der Waals surface area (Å²) in [5.41, 5.74) is 11.1. The number of rotatable bonds is 20. The average molecular weight is 735 g/mol. The Kier molecular flexibility index (Phi) is 17.3. The first kappa shape index (κ1) is 43.1. The van der Waals surface area contributed by atoms with Crippen molar-refractivity contribution >= 4 is 35.5 Å². The van der Waals surface area contributed by atoms with Crippen molar-refractivity contribution in [2.45, 2.75) is 148 Å². The highest BCUT2D eigenvalue weighted by Crippen LogP contribution is 2.50. The molecule has 0 spiro atoms. The number of esters is 1. The van der Waals surface area contributed by atoms with Gasteiger partial charge in [0.2, 0.25) is 29.5 Å². The number of carbonyl (C=O) groups is 6. The van der Waals surface area contributed by atoms with Gasteiger partial charge in [0.1, 0.15) is 30.8 Å². The van der Waals surface area contributed by atoms with E-state index in [-0.39, 0.29) is 18.4 Å². The molecule has 0 aromatic heterocycles. The van der Waals surface area contributed by atoms with Crippen LogP contribution in [-0.4, -0.2) is 96.0 Å². The first-order valence-corrected chi connectivity index (χ1v) is 19.7. The summed E-state index contributed by atoms with van der Waals surface area (Å²) < 4.78 is 5.90. The Labute approximate surface area is 309 Å². The van der Waals surface area contributed by atoms with Crippen molar-refractivity contribution < 1.29 is 38.6 Å². The quantitative estimate of drug-likeness (QED) is 0.0793. The molecule has 0 aromatic carbocycles. The number of fused-ring (bicyclic) bond motifs is 2. The van der Waals surface area contributed by atoms with Crippen molar-refractivity contribution in [2.75, 3.05) is 20.1 Å². The lowest BCUT2D eigenvalue weighted by atomic mass is 9.83. The monoisotopic (exact) mass is 734 g/mol. The second-order valence-electron chi connectivity index (χ2n) is 15.8. The number of hydrogen-bond acceptors (Lipinski definition) is 9. The number of nitrogens with two attached hydrogens (primary N) is 2. The summed E-state index contributed by atoms with van der Waals surface area (Å²) >= 11 is 0. The predicted octanol–water partition coefficient (Wildman–Crippen LogP) is 1.89. The van der Waals surface area contributed by atoms with E-state index in [1.165, 1.54) is 31.1 Å². The molecule has 2 bridgehead atoms. The van der Waals surface area contributed by atoms with Gasteiger partial charge in [0.05, 0.1) is 17.9 Å². The molecule has 0 aromatic rings. The number of ether oxygens (including phenoxy) is 1. The molecule has 3 aliphatic carbocycles. The summed E-state index contributed by atoms with van der Waals surface area (Å²) in [5, 5.41) is 17.8. The van der Waals surface area contributed by atoms with Crippen LogP contribution in [0.4, 0.5) is 0 Å². The first-order chi connectivity index (χ1) is 24.7. The zero-order valence-electron chi connectivity index (χ0n) is 32.1. The fourth-order valence-corrected chi connectivity index (χ4v) is 8.48. The normalized spacial score (nSPS) is 24.2. The van der Waals surface area contributed by atoms with Gasteiger partial charge in [-0.1, -0.05) is 59.3 Å². The number of primary amides is 1. The molecule has 3 saturated carbocycles. The van der Waals surface area contributed by atoms with Crippen molar-refractivity contribution in [3.05, 3.63) is 0 Å². The largest absolute Gasteiger partial charge is 0.460 e. The van der Waals surface area contributed by atoms with Crippen molar-refractivity contribution in [2.24, 2.45) is 47.0 Å². The SMILES string of the molecule is CCC[C@@H](C(=O)N[C@H](C(=O)N[C@@H](CN)C(N)=O)C1CCCCCC1)N(C)C(=O)[C@H](C)[C@@H](CCC1CC2CCC1C2)OC(=O)CNC(=O)[C@@H](C)[C@H](C)O. The van der Waals surface area contributed by atoms with E-state index in [1.54, 1.807) is 20.9 Å². The fourth-order valence-electron chi connectivity index (χ4n) is 8.48. The maximum Gasteiger partial charge on any atom is 0.325 e. The van der Waals surface area contributed by atoms with E-state index in [9.17, 15) is 33.9 Å². The third kappa shape index (κ3) is 12.1. The van der Waals surface area contributed by atoms with Crippen LogP contribution >= 0.6 is 0 Å². The minimum atomic E-state index is -1.08. The lowest BCUT2D eigenvalue weighted by molar-refractivity contribution is -0.158. The second-order valence-corrected chi connectivity index (χ2v) is 15.8. The number of likely N-dealkylation sites (N-methyl/N-ethyl adjacent to an activating group) is 1. The third-order valence-electron chi connectivity index (χ3n) is 12.0. The molecule has 296 valence electrons. The highest BCUT2D eigenvalue weighted by Gasteiger charge is 2.41. The number of carbonyl (C=O) groups excluding carboxylic acids is 6. The summed E-state index contributed by atoms with van der Waals surface area (Å²) in [4.78, 5) is 80.6. The van der Waals surface area contributed by atoms with Gasteiger partial charge in [-0.05, 0) is 82.0 Å². The highest BCUT2D eigenvalue weighted by atomic mass is 16.5. The van der Waals surface area contributed by atoms with Gasteiger partial charge in [-0.25, -0.2) is 0 Å². The van der Waals surface area contributed by atoms with Crippen LogP contribution < -0.4 is 27.4 Å². The van der Waals surface area contributed by atoms with Crippen LogP contribution in [0.15, 0.2) is 0 Å². The summed E-state index contributed by atoms with van der Waals surface area (Å²) in [6.45, 7) is 6.09. The molecule has 3 unspecified atom stereocenters. The fraction of sp³-hybridized carbons (Fsp3) is 0.842. The Morgan fingerprint density at radius 3 is 2.08 bits per heavy atom. The van der Waals surface area contributed by atoms with Gasteiger partial charge in [0, 0.05) is 13.6 Å². The minimum absolute atomic E-state index is 0.168. The number of nitrogens with zero attached hydrogens (tertiary/aromatic N) is 1. The molecular weight excluding hydrogens is 668 g/mol. The molecule has 0 aliphatic heterocycles. The maximum atomic E-state index is 14.2. The summed E-state index contributed by atoms with van der Waals surface area (Å²) in [7, 11) is 1.56. The van der Waals surface area contributed by atoms with Gasteiger partial charge in [0.15, 0.2) is 0 Å². The third-order valence-corrected chi connectivity index (χ3v) is 12.0. The van der Waals surface area contributed by atoms with E-state index in [0.717, 1.165) is 57.3 Å². The molecule has 3 fully saturated rings. The standard InChI is InChI=1S/C38H66N6O8/c1-6-11-30(36(49)43-33(26-12-9-7-8-10-13-26)37(50)42-29(20-39)34(40)47)44(5)38(51)23(3)31(17-16-28-19-25-14-15-27(28)18-25)52-32(46)21-41-35(48)22(2)24(4)45/h22-31,33,45H,6-21,39H2,1-5H3,(H2,40,47)(H,41,48)(H,42,50)(H,43,49)/t22-,23+,24-,25?,27?,28?,29-,30-,31+,33-/m0/s1. The van der Waals surface area contributed by atoms with Gasteiger partial charge in [0.25, 0.3) is 0 Å². The summed E-state index contributed by atoms with van der Waals surface area (Å²) in [6.07, 6.45) is 10.6. The Hall–Kier alpha value is -3.26. The molecule has 0 heterocycles. The molecule has 8 N–H and O–H groups in total. The van der Waals surface area contributed by atoms with Crippen LogP contribution in [0.1, 0.15) is 118 Å². The zero-order chi connectivity index (χ0) is 38.5. The van der Waals surface area contributed by atoms with E-state index < -0.39 is 78.3 Å². The molecule has 5 amide bonds. The lowest BCUT2D eigenvalue weighted by Crippen LogP contribution is -2.60. The van der Waals surface area contributed by atoms with Gasteiger partial charge in [-0.15, -0.1) is 0 Å². The van der Waals surface area contributed by atoms with E-state index in [1.807, 2.05) is 6.92 Å². The molecule has 52 heavy (non-hydrogen) atoms. The molecule has 0 radical (unpaired) electrons. The molecule has 14 heteroatoms. The second kappa shape index (κ2) is 20.8. The van der Waals surface area contributed by atoms with Crippen molar-refractivity contribution in [3.63, 3.8) is 0 Å². The van der Waals surface area contributed by atoms with Gasteiger partial charge in [-0.2, -0.15) is 0 Å². The van der Waals surface area contributed by atoms with Crippen molar-refractivity contribution in [3.8, 4) is 0 Å². The minimum Gasteiger partial charge on any atom is -0.460 e. The number of aliphatic hydroxyl groups is 1. The Balaban J connectivity index is 1.77. The Morgan fingerprint density at radius 1 is 0.865 bits per heavy atom. The van der Waals surface area contributed by atoms with Crippen LogP contribution in [0.3, 0.4) is 0 Å². The molecule has 3 aliphatic rings. The lowest BCUT2D eigenvalue weighted by Gasteiger charge is -2.34. The molecule has 10 atom stereocenters. The van der Waals surface area contributed by atoms with Gasteiger partial charge < -0.3 is 42.2 Å². The summed E-state index contributed by atoms with van der Waals surface area (Å²) in [6, 6.07) is -2.93. The van der Waals surface area contributed by atoms with Gasteiger partial charge >= 0.3 is 5.97 Å². The van der Waals surface area contributed by atoms with Crippen LogP contribution in [0.5, 0.6) is 0 Å². The van der Waals surface area contributed by atoms with Crippen molar-refractivity contribution in [1.29, 1.82) is 0 Å². The van der Waals surface area contributed by atoms with E-state index in [4.69, 9.17) is 16.2 Å². The Bertz CT molecular complexity index is 1220. The number of amides is 5. The number of nitrogens with one attached hydrogen (secondary N) is 3. The predicted molar refractivity (Wildman–Crippen MR) is 196 cm³/mol. The van der Waals surface area contributed by atoms with Crippen LogP contribution in [0.25, 0.3) is 0 Å². The smallest absolute Gasteiger partial charge is 0.325 e. The van der Waals surface area contributed by atoms with E-state index >= 15 is 0 Å².